The van der Waals surface area contributed by atoms with Crippen molar-refractivity contribution in [2.45, 2.75) is 12.8 Å². The minimum atomic E-state index is 0.126. The quantitative estimate of drug-likeness (QED) is 0.808. The molecule has 0 amide bonds. The van der Waals surface area contributed by atoms with Gasteiger partial charge in [0.15, 0.2) is 0 Å². The van der Waals surface area contributed by atoms with Crippen LogP contribution in [0, 0.1) is 6.92 Å². The van der Waals surface area contributed by atoms with Gasteiger partial charge in [-0.15, -0.1) is 0 Å². The van der Waals surface area contributed by atoms with Crippen LogP contribution >= 0.6 is 11.6 Å². The minimum absolute atomic E-state index is 0.126. The molecular weight excluding hydrogens is 284 g/mol. The van der Waals surface area contributed by atoms with Crippen molar-refractivity contribution in [1.29, 1.82) is 0 Å². The first kappa shape index (κ1) is 14.2. The van der Waals surface area contributed by atoms with Crippen molar-refractivity contribution < 1.29 is 0 Å². The lowest BCUT2D eigenvalue weighted by Crippen LogP contribution is -2.16. The molecule has 1 aromatic carbocycles. The predicted molar refractivity (Wildman–Crippen MR) is 86.8 cm³/mol. The fraction of sp³-hybridized carbons (Fsp3) is 0.312. The van der Waals surface area contributed by atoms with E-state index in [0.29, 0.717) is 6.54 Å². The highest BCUT2D eigenvalue weighted by Gasteiger charge is 2.21. The lowest BCUT2D eigenvalue weighted by molar-refractivity contribution is 0.661. The molecule has 0 aliphatic rings. The summed E-state index contributed by atoms with van der Waals surface area (Å²) in [6, 6.07) is 8.09. The maximum atomic E-state index is 6.11. The van der Waals surface area contributed by atoms with E-state index in [1.165, 1.54) is 10.9 Å². The standard InChI is InChI=1S/C16H19ClN4/c1-10-6-16(21(3)19-10)13(8-18)14-9-20(2)15-7-11(17)4-5-12(14)15/h4-7,9,13H,8,18H2,1-3H3. The van der Waals surface area contributed by atoms with Gasteiger partial charge in [0, 0.05) is 54.4 Å². The van der Waals surface area contributed by atoms with E-state index in [4.69, 9.17) is 17.3 Å². The Morgan fingerprint density at radius 1 is 1.29 bits per heavy atom. The van der Waals surface area contributed by atoms with Crippen molar-refractivity contribution in [2.24, 2.45) is 19.8 Å². The molecule has 3 rings (SSSR count). The number of rotatable bonds is 3. The molecule has 0 saturated heterocycles. The van der Waals surface area contributed by atoms with Gasteiger partial charge in [0.1, 0.15) is 0 Å². The number of aryl methyl sites for hydroxylation is 3. The Hall–Kier alpha value is -1.78. The van der Waals surface area contributed by atoms with Gasteiger partial charge in [-0.05, 0) is 30.7 Å². The highest BCUT2D eigenvalue weighted by Crippen LogP contribution is 2.32. The van der Waals surface area contributed by atoms with Gasteiger partial charge in [0.2, 0.25) is 0 Å². The Balaban J connectivity index is 2.20. The Morgan fingerprint density at radius 2 is 2.05 bits per heavy atom. The smallest absolute Gasteiger partial charge is 0.0596 e. The third-order valence-electron chi connectivity index (χ3n) is 3.99. The van der Waals surface area contributed by atoms with Crippen molar-refractivity contribution >= 4 is 22.5 Å². The van der Waals surface area contributed by atoms with E-state index in [1.807, 2.05) is 37.8 Å². The van der Waals surface area contributed by atoms with Crippen molar-refractivity contribution in [3.63, 3.8) is 0 Å². The summed E-state index contributed by atoms with van der Waals surface area (Å²) in [4.78, 5) is 0. The van der Waals surface area contributed by atoms with Crippen molar-refractivity contribution in [1.82, 2.24) is 14.3 Å². The van der Waals surface area contributed by atoms with Crippen LogP contribution in [0.3, 0.4) is 0 Å². The van der Waals surface area contributed by atoms with Crippen LogP contribution in [-0.2, 0) is 14.1 Å². The molecule has 1 atom stereocenters. The summed E-state index contributed by atoms with van der Waals surface area (Å²) in [6.07, 6.45) is 2.14. The normalized spacial score (nSPS) is 13.0. The predicted octanol–water partition coefficient (Wildman–Crippen LogP) is 2.96. The van der Waals surface area contributed by atoms with Crippen molar-refractivity contribution in [3.05, 3.63) is 52.4 Å². The van der Waals surface area contributed by atoms with Crippen molar-refractivity contribution in [2.75, 3.05) is 6.54 Å². The maximum absolute atomic E-state index is 6.11. The van der Waals surface area contributed by atoms with Gasteiger partial charge in [-0.2, -0.15) is 5.10 Å². The number of hydrogen-bond donors (Lipinski definition) is 1. The molecule has 0 bridgehead atoms. The average Bonchev–Trinajstić information content (AvgIpc) is 2.92. The Kier molecular flexibility index (Phi) is 3.51. The third-order valence-corrected chi connectivity index (χ3v) is 4.22. The van der Waals surface area contributed by atoms with Gasteiger partial charge in [-0.25, -0.2) is 0 Å². The molecule has 2 heterocycles. The summed E-state index contributed by atoms with van der Waals surface area (Å²) in [6.45, 7) is 2.54. The molecule has 3 aromatic rings. The van der Waals surface area contributed by atoms with Crippen LogP contribution < -0.4 is 5.73 Å². The maximum Gasteiger partial charge on any atom is 0.0596 e. The Bertz CT molecular complexity index is 800. The minimum Gasteiger partial charge on any atom is -0.350 e. The second kappa shape index (κ2) is 5.20. The summed E-state index contributed by atoms with van der Waals surface area (Å²) in [7, 11) is 4.00. The number of fused-ring (bicyclic) bond motifs is 1. The van der Waals surface area contributed by atoms with Gasteiger partial charge >= 0.3 is 0 Å². The van der Waals surface area contributed by atoms with Gasteiger partial charge in [-0.3, -0.25) is 4.68 Å². The van der Waals surface area contributed by atoms with Crippen LogP contribution in [-0.4, -0.2) is 20.9 Å². The summed E-state index contributed by atoms with van der Waals surface area (Å²) in [5.41, 5.74) is 10.6. The fourth-order valence-corrected chi connectivity index (χ4v) is 3.20. The van der Waals surface area contributed by atoms with E-state index >= 15 is 0 Å². The van der Waals surface area contributed by atoms with Gasteiger partial charge in [0.25, 0.3) is 0 Å². The largest absolute Gasteiger partial charge is 0.350 e. The van der Waals surface area contributed by atoms with Gasteiger partial charge < -0.3 is 10.3 Å². The molecule has 5 heteroatoms. The van der Waals surface area contributed by atoms with Gasteiger partial charge in [-0.1, -0.05) is 17.7 Å². The molecule has 2 aromatic heterocycles. The lowest BCUT2D eigenvalue weighted by Gasteiger charge is -2.14. The van der Waals surface area contributed by atoms with Gasteiger partial charge in [0.05, 0.1) is 5.69 Å². The first-order valence-electron chi connectivity index (χ1n) is 6.96. The third kappa shape index (κ3) is 2.34. The van der Waals surface area contributed by atoms with Crippen LogP contribution in [0.5, 0.6) is 0 Å². The molecule has 21 heavy (non-hydrogen) atoms. The Labute approximate surface area is 129 Å². The SMILES string of the molecule is Cc1cc(C(CN)c2cn(C)c3cc(Cl)ccc23)n(C)n1. The van der Waals surface area contributed by atoms with E-state index in [2.05, 4.69) is 28.0 Å². The molecule has 0 saturated carbocycles. The van der Waals surface area contributed by atoms with E-state index in [0.717, 1.165) is 21.9 Å². The lowest BCUT2D eigenvalue weighted by atomic mass is 9.95. The fourth-order valence-electron chi connectivity index (χ4n) is 3.03. The van der Waals surface area contributed by atoms with Crippen LogP contribution in [0.2, 0.25) is 5.02 Å². The van der Waals surface area contributed by atoms with E-state index < -0.39 is 0 Å². The molecule has 0 radical (unpaired) electrons. The summed E-state index contributed by atoms with van der Waals surface area (Å²) < 4.78 is 4.02. The number of benzene rings is 1. The molecule has 0 spiro atoms. The van der Waals surface area contributed by atoms with Crippen LogP contribution in [0.1, 0.15) is 22.9 Å². The monoisotopic (exact) mass is 302 g/mol. The van der Waals surface area contributed by atoms with Crippen LogP contribution in [0.4, 0.5) is 0 Å². The number of nitrogens with two attached hydrogens (primary N) is 1. The molecular formula is C16H19ClN4. The second-order valence-electron chi connectivity index (χ2n) is 5.48. The van der Waals surface area contributed by atoms with E-state index in [-0.39, 0.29) is 5.92 Å². The first-order valence-corrected chi connectivity index (χ1v) is 7.34. The second-order valence-corrected chi connectivity index (χ2v) is 5.92. The number of hydrogen-bond acceptors (Lipinski definition) is 2. The van der Waals surface area contributed by atoms with E-state index in [9.17, 15) is 0 Å². The van der Waals surface area contributed by atoms with Crippen LogP contribution in [0.25, 0.3) is 10.9 Å². The molecule has 4 nitrogen and oxygen atoms in total. The summed E-state index contributed by atoms with van der Waals surface area (Å²) >= 11 is 6.11. The van der Waals surface area contributed by atoms with E-state index in [1.54, 1.807) is 0 Å². The number of halogens is 1. The van der Waals surface area contributed by atoms with Crippen molar-refractivity contribution in [3.8, 4) is 0 Å². The average molecular weight is 303 g/mol. The highest BCUT2D eigenvalue weighted by atomic mass is 35.5. The van der Waals surface area contributed by atoms with Crippen LogP contribution in [0.15, 0.2) is 30.5 Å². The molecule has 2 N–H and O–H groups in total. The molecule has 110 valence electrons. The molecule has 1 unspecified atom stereocenters. The zero-order valence-electron chi connectivity index (χ0n) is 12.5. The molecule has 0 aliphatic carbocycles. The first-order chi connectivity index (χ1) is 10.0. The zero-order chi connectivity index (χ0) is 15.1. The highest BCUT2D eigenvalue weighted by molar-refractivity contribution is 6.31. The number of nitrogens with zero attached hydrogens (tertiary/aromatic N) is 3. The summed E-state index contributed by atoms with van der Waals surface area (Å²) in [5.74, 6) is 0.126. The molecule has 0 fully saturated rings. The number of aromatic nitrogens is 3. The summed E-state index contributed by atoms with van der Waals surface area (Å²) in [5, 5.41) is 6.38. The zero-order valence-corrected chi connectivity index (χ0v) is 13.2. The topological polar surface area (TPSA) is 48.8 Å². The Morgan fingerprint density at radius 3 is 2.67 bits per heavy atom. The molecule has 0 aliphatic heterocycles.